The molecular formula is C8H18N2. The summed E-state index contributed by atoms with van der Waals surface area (Å²) in [7, 11) is 0. The zero-order valence-electron chi connectivity index (χ0n) is 7.06. The van der Waals surface area contributed by atoms with Crippen molar-refractivity contribution in [2.24, 2.45) is 0 Å². The molecule has 0 aromatic carbocycles. The van der Waals surface area contributed by atoms with Gasteiger partial charge in [0.25, 0.3) is 0 Å². The van der Waals surface area contributed by atoms with Crippen molar-refractivity contribution in [3.8, 4) is 0 Å². The van der Waals surface area contributed by atoms with Crippen molar-refractivity contribution in [1.29, 1.82) is 0 Å². The number of rotatable bonds is 0. The van der Waals surface area contributed by atoms with Crippen LogP contribution >= 0.6 is 0 Å². The van der Waals surface area contributed by atoms with E-state index in [1.54, 1.807) is 0 Å². The van der Waals surface area contributed by atoms with Gasteiger partial charge in [-0.3, -0.25) is 0 Å². The third-order valence-corrected chi connectivity index (χ3v) is 2.13. The first-order chi connectivity index (χ1) is 4.95. The Labute approximate surface area is 63.6 Å². The molecule has 0 aromatic rings. The van der Waals surface area contributed by atoms with Gasteiger partial charge in [0.15, 0.2) is 0 Å². The van der Waals surface area contributed by atoms with Crippen LogP contribution in [0, 0.1) is 0 Å². The van der Waals surface area contributed by atoms with Gasteiger partial charge in [0, 0.05) is 25.7 Å². The molecule has 0 aliphatic carbocycles. The molecule has 2 rings (SSSR count). The molecule has 2 heteroatoms. The molecule has 2 nitrogen and oxygen atoms in total. The summed E-state index contributed by atoms with van der Waals surface area (Å²) in [5, 5.41) is 3.47. The maximum atomic E-state index is 3.47. The van der Waals surface area contributed by atoms with Crippen LogP contribution in [0.4, 0.5) is 0 Å². The van der Waals surface area contributed by atoms with Gasteiger partial charge in [0.2, 0.25) is 0 Å². The van der Waals surface area contributed by atoms with Crippen LogP contribution in [0.25, 0.3) is 0 Å². The highest BCUT2D eigenvalue weighted by Crippen LogP contribution is 2.10. The molecule has 2 heterocycles. The van der Waals surface area contributed by atoms with Gasteiger partial charge >= 0.3 is 0 Å². The summed E-state index contributed by atoms with van der Waals surface area (Å²) in [6.07, 6.45) is 1.38. The summed E-state index contributed by atoms with van der Waals surface area (Å²) in [6, 6.07) is 0.837. The molecule has 0 aromatic heterocycles. The number of nitrogens with zero attached hydrogens (tertiary/aromatic N) is 1. The average Bonchev–Trinajstić information content (AvgIpc) is 2.35. The van der Waals surface area contributed by atoms with Gasteiger partial charge in [0.1, 0.15) is 0 Å². The van der Waals surface area contributed by atoms with Crippen molar-refractivity contribution in [3.63, 3.8) is 0 Å². The largest absolute Gasteiger partial charge is 0.311 e. The molecule has 0 saturated carbocycles. The normalized spacial score (nSPS) is 36.6. The summed E-state index contributed by atoms with van der Waals surface area (Å²) >= 11 is 0. The average molecular weight is 142 g/mol. The molecule has 0 amide bonds. The smallest absolute Gasteiger partial charge is 0.0207 e. The standard InChI is InChI=1S/C6H12N2.C2H6/c1-3-8-4-2-7-6(1)5-8;1-2/h6-7H,1-5H2;1-2H3. The summed E-state index contributed by atoms with van der Waals surface area (Å²) < 4.78 is 0. The Hall–Kier alpha value is -0.0800. The Balaban J connectivity index is 0.000000231. The van der Waals surface area contributed by atoms with Gasteiger partial charge in [-0.1, -0.05) is 13.8 Å². The van der Waals surface area contributed by atoms with Crippen LogP contribution in [0.5, 0.6) is 0 Å². The lowest BCUT2D eigenvalue weighted by Crippen LogP contribution is -2.42. The molecule has 1 N–H and O–H groups in total. The van der Waals surface area contributed by atoms with Crippen molar-refractivity contribution in [1.82, 2.24) is 10.2 Å². The fourth-order valence-electron chi connectivity index (χ4n) is 1.63. The number of fused-ring (bicyclic) bond motifs is 2. The van der Waals surface area contributed by atoms with Gasteiger partial charge in [-0.2, -0.15) is 0 Å². The highest BCUT2D eigenvalue weighted by molar-refractivity contribution is 4.85. The minimum atomic E-state index is 0.837. The molecule has 2 fully saturated rings. The van der Waals surface area contributed by atoms with Crippen LogP contribution < -0.4 is 5.32 Å². The topological polar surface area (TPSA) is 15.3 Å². The fraction of sp³-hybridized carbons (Fsp3) is 1.00. The highest BCUT2D eigenvalue weighted by atomic mass is 15.2. The van der Waals surface area contributed by atoms with E-state index in [0.717, 1.165) is 6.04 Å². The van der Waals surface area contributed by atoms with Crippen LogP contribution in [0.3, 0.4) is 0 Å². The second-order valence-electron chi connectivity index (χ2n) is 2.74. The SMILES string of the molecule is C1CN2CCC(C2)N1.CC. The molecule has 10 heavy (non-hydrogen) atoms. The van der Waals surface area contributed by atoms with Crippen molar-refractivity contribution >= 4 is 0 Å². The molecule has 2 aliphatic rings. The Bertz CT molecular complexity index is 79.3. The van der Waals surface area contributed by atoms with Crippen molar-refractivity contribution in [2.75, 3.05) is 26.2 Å². The molecule has 2 saturated heterocycles. The lowest BCUT2D eigenvalue weighted by atomic mass is 10.2. The minimum Gasteiger partial charge on any atom is -0.311 e. The van der Waals surface area contributed by atoms with Crippen molar-refractivity contribution < 1.29 is 0 Å². The molecular weight excluding hydrogens is 124 g/mol. The van der Waals surface area contributed by atoms with Crippen molar-refractivity contribution in [3.05, 3.63) is 0 Å². The molecule has 2 bridgehead atoms. The van der Waals surface area contributed by atoms with Crippen LogP contribution in [0.15, 0.2) is 0 Å². The Morgan fingerprint density at radius 2 is 2.10 bits per heavy atom. The predicted molar refractivity (Wildman–Crippen MR) is 44.2 cm³/mol. The molecule has 2 unspecified atom stereocenters. The van der Waals surface area contributed by atoms with E-state index in [-0.39, 0.29) is 0 Å². The maximum Gasteiger partial charge on any atom is 0.0207 e. The van der Waals surface area contributed by atoms with Crippen LogP contribution in [-0.2, 0) is 0 Å². The van der Waals surface area contributed by atoms with Gasteiger partial charge in [-0.25, -0.2) is 0 Å². The molecule has 60 valence electrons. The third-order valence-electron chi connectivity index (χ3n) is 2.13. The number of hydrogen-bond donors (Lipinski definition) is 1. The summed E-state index contributed by atoms with van der Waals surface area (Å²) in [5.41, 5.74) is 0. The van der Waals surface area contributed by atoms with E-state index in [2.05, 4.69) is 10.2 Å². The Morgan fingerprint density at radius 3 is 2.70 bits per heavy atom. The first-order valence-electron chi connectivity index (χ1n) is 4.41. The molecule has 0 radical (unpaired) electrons. The quantitative estimate of drug-likeness (QED) is 0.535. The summed E-state index contributed by atoms with van der Waals surface area (Å²) in [4.78, 5) is 2.53. The minimum absolute atomic E-state index is 0.837. The first kappa shape index (κ1) is 8.02. The Morgan fingerprint density at radius 1 is 1.30 bits per heavy atom. The first-order valence-corrected chi connectivity index (χ1v) is 4.41. The van der Waals surface area contributed by atoms with E-state index in [1.165, 1.54) is 32.6 Å². The summed E-state index contributed by atoms with van der Waals surface area (Å²) in [5.74, 6) is 0. The lowest BCUT2D eigenvalue weighted by Gasteiger charge is -2.22. The van der Waals surface area contributed by atoms with E-state index in [0.29, 0.717) is 0 Å². The van der Waals surface area contributed by atoms with E-state index >= 15 is 0 Å². The van der Waals surface area contributed by atoms with Crippen LogP contribution in [0.2, 0.25) is 0 Å². The van der Waals surface area contributed by atoms with E-state index in [4.69, 9.17) is 0 Å². The zero-order valence-corrected chi connectivity index (χ0v) is 7.06. The van der Waals surface area contributed by atoms with Crippen LogP contribution in [0.1, 0.15) is 20.3 Å². The molecule has 0 spiro atoms. The van der Waals surface area contributed by atoms with Crippen molar-refractivity contribution in [2.45, 2.75) is 26.3 Å². The van der Waals surface area contributed by atoms with Crippen LogP contribution in [-0.4, -0.2) is 37.1 Å². The second-order valence-corrected chi connectivity index (χ2v) is 2.74. The fourth-order valence-corrected chi connectivity index (χ4v) is 1.63. The highest BCUT2D eigenvalue weighted by Gasteiger charge is 2.24. The Kier molecular flexibility index (Phi) is 3.16. The number of piperazine rings is 1. The monoisotopic (exact) mass is 142 g/mol. The predicted octanol–water partition coefficient (Wildman–Crippen LogP) is 0.690. The molecule has 2 atom stereocenters. The molecule has 2 aliphatic heterocycles. The van der Waals surface area contributed by atoms with Gasteiger partial charge in [-0.15, -0.1) is 0 Å². The number of hydrogen-bond acceptors (Lipinski definition) is 2. The van der Waals surface area contributed by atoms with E-state index in [9.17, 15) is 0 Å². The van der Waals surface area contributed by atoms with E-state index < -0.39 is 0 Å². The van der Waals surface area contributed by atoms with Gasteiger partial charge in [-0.05, 0) is 13.0 Å². The zero-order chi connectivity index (χ0) is 7.40. The summed E-state index contributed by atoms with van der Waals surface area (Å²) in [6.45, 7) is 9.12. The maximum absolute atomic E-state index is 3.47. The second kappa shape index (κ2) is 3.94. The third kappa shape index (κ3) is 1.70. The van der Waals surface area contributed by atoms with Gasteiger partial charge in [0.05, 0.1) is 0 Å². The number of nitrogens with one attached hydrogen (secondary N) is 1. The lowest BCUT2D eigenvalue weighted by molar-refractivity contribution is 0.289. The van der Waals surface area contributed by atoms with E-state index in [1.807, 2.05) is 13.8 Å². The van der Waals surface area contributed by atoms with Gasteiger partial charge < -0.3 is 10.2 Å².